The summed E-state index contributed by atoms with van der Waals surface area (Å²) in [5.74, 6) is 0.809. The first-order chi connectivity index (χ1) is 14.9. The molecule has 1 aromatic carbocycles. The molecule has 3 rings (SSSR count). The number of benzene rings is 1. The van der Waals surface area contributed by atoms with Crippen LogP contribution in [0.1, 0.15) is 35.2 Å². The smallest absolute Gasteiger partial charge is 0.254 e. The second-order valence-electron chi connectivity index (χ2n) is 8.40. The average molecular weight is 432 g/mol. The van der Waals surface area contributed by atoms with Crippen LogP contribution in [0.25, 0.3) is 0 Å². The van der Waals surface area contributed by atoms with Crippen LogP contribution in [-0.4, -0.2) is 81.1 Å². The fourth-order valence-corrected chi connectivity index (χ4v) is 4.35. The van der Waals surface area contributed by atoms with Gasteiger partial charge in [-0.05, 0) is 49.4 Å². The third kappa shape index (κ3) is 5.76. The first-order valence-corrected chi connectivity index (χ1v) is 10.9. The van der Waals surface area contributed by atoms with Crippen LogP contribution in [0, 0.1) is 18.8 Å². The molecule has 2 saturated heterocycles. The normalized spacial score (nSPS) is 19.6. The molecule has 1 N–H and O–H groups in total. The lowest BCUT2D eigenvalue weighted by molar-refractivity contribution is -0.129. The lowest BCUT2D eigenvalue weighted by atomic mass is 9.95. The predicted molar refractivity (Wildman–Crippen MR) is 116 cm³/mol. The SMILES string of the molecule is COCCNC(=O)C1CC(=O)N(CC2CCN(C(=O)c3ccc(OC)cc3C)CC2)C1. The summed E-state index contributed by atoms with van der Waals surface area (Å²) in [6.45, 7) is 5.33. The number of piperidine rings is 1. The lowest BCUT2D eigenvalue weighted by Crippen LogP contribution is -2.42. The maximum atomic E-state index is 12.9. The Morgan fingerprint density at radius 1 is 1.19 bits per heavy atom. The van der Waals surface area contributed by atoms with Gasteiger partial charge in [-0.2, -0.15) is 0 Å². The van der Waals surface area contributed by atoms with E-state index in [1.165, 1.54) is 0 Å². The minimum atomic E-state index is -0.288. The van der Waals surface area contributed by atoms with Crippen LogP contribution in [0.3, 0.4) is 0 Å². The van der Waals surface area contributed by atoms with E-state index in [2.05, 4.69) is 5.32 Å². The van der Waals surface area contributed by atoms with Crippen molar-refractivity contribution in [3.05, 3.63) is 29.3 Å². The number of likely N-dealkylation sites (tertiary alicyclic amines) is 2. The molecule has 170 valence electrons. The fraction of sp³-hybridized carbons (Fsp3) is 0.609. The van der Waals surface area contributed by atoms with Crippen LogP contribution in [0.4, 0.5) is 0 Å². The van der Waals surface area contributed by atoms with Crippen LogP contribution < -0.4 is 10.1 Å². The van der Waals surface area contributed by atoms with Crippen molar-refractivity contribution in [1.82, 2.24) is 15.1 Å². The highest BCUT2D eigenvalue weighted by Crippen LogP contribution is 2.26. The highest BCUT2D eigenvalue weighted by Gasteiger charge is 2.36. The van der Waals surface area contributed by atoms with Crippen molar-refractivity contribution < 1.29 is 23.9 Å². The van der Waals surface area contributed by atoms with Gasteiger partial charge in [-0.1, -0.05) is 0 Å². The number of nitrogens with one attached hydrogen (secondary N) is 1. The zero-order chi connectivity index (χ0) is 22.4. The first-order valence-electron chi connectivity index (χ1n) is 10.9. The fourth-order valence-electron chi connectivity index (χ4n) is 4.35. The Morgan fingerprint density at radius 3 is 2.58 bits per heavy atom. The molecule has 0 bridgehead atoms. The molecular weight excluding hydrogens is 398 g/mol. The van der Waals surface area contributed by atoms with E-state index in [1.807, 2.05) is 34.9 Å². The van der Waals surface area contributed by atoms with Crippen LogP contribution in [-0.2, 0) is 14.3 Å². The van der Waals surface area contributed by atoms with E-state index in [0.717, 1.165) is 24.2 Å². The van der Waals surface area contributed by atoms with Gasteiger partial charge >= 0.3 is 0 Å². The summed E-state index contributed by atoms with van der Waals surface area (Å²) >= 11 is 0. The van der Waals surface area contributed by atoms with Crippen LogP contribution in [0.15, 0.2) is 18.2 Å². The molecule has 2 aliphatic rings. The molecule has 3 amide bonds. The largest absolute Gasteiger partial charge is 0.497 e. The van der Waals surface area contributed by atoms with Crippen molar-refractivity contribution in [3.63, 3.8) is 0 Å². The van der Waals surface area contributed by atoms with Crippen LogP contribution >= 0.6 is 0 Å². The standard InChI is InChI=1S/C23H33N3O5/c1-16-12-19(31-3)4-5-20(16)23(29)25-9-6-17(7-10-25)14-26-15-18(13-21(26)27)22(28)24-8-11-30-2/h4-5,12,17-18H,6-11,13-15H2,1-3H3,(H,24,28). The molecule has 0 radical (unpaired) electrons. The topological polar surface area (TPSA) is 88.2 Å². The zero-order valence-corrected chi connectivity index (χ0v) is 18.7. The summed E-state index contributed by atoms with van der Waals surface area (Å²) in [5, 5.41) is 2.82. The number of hydrogen-bond donors (Lipinski definition) is 1. The highest BCUT2D eigenvalue weighted by atomic mass is 16.5. The van der Waals surface area contributed by atoms with E-state index in [0.29, 0.717) is 50.8 Å². The minimum absolute atomic E-state index is 0.0410. The second kappa shape index (κ2) is 10.6. The maximum Gasteiger partial charge on any atom is 0.254 e. The number of rotatable bonds is 8. The quantitative estimate of drug-likeness (QED) is 0.630. The van der Waals surface area contributed by atoms with E-state index in [1.54, 1.807) is 14.2 Å². The Kier molecular flexibility index (Phi) is 7.90. The number of ether oxygens (including phenoxy) is 2. The van der Waals surface area contributed by atoms with Gasteiger partial charge in [0.2, 0.25) is 11.8 Å². The second-order valence-corrected chi connectivity index (χ2v) is 8.40. The van der Waals surface area contributed by atoms with Crippen molar-refractivity contribution >= 4 is 17.7 Å². The molecule has 0 spiro atoms. The third-order valence-electron chi connectivity index (χ3n) is 6.24. The molecule has 2 heterocycles. The van der Waals surface area contributed by atoms with Gasteiger partial charge in [0.25, 0.3) is 5.91 Å². The molecule has 1 unspecified atom stereocenters. The summed E-state index contributed by atoms with van der Waals surface area (Å²) < 4.78 is 10.2. The van der Waals surface area contributed by atoms with Crippen LogP contribution in [0.2, 0.25) is 0 Å². The van der Waals surface area contributed by atoms with Gasteiger partial charge in [-0.25, -0.2) is 0 Å². The van der Waals surface area contributed by atoms with E-state index in [9.17, 15) is 14.4 Å². The van der Waals surface area contributed by atoms with E-state index >= 15 is 0 Å². The minimum Gasteiger partial charge on any atom is -0.497 e. The molecule has 0 saturated carbocycles. The molecule has 2 aliphatic heterocycles. The first kappa shape index (κ1) is 23.1. The van der Waals surface area contributed by atoms with Crippen molar-refractivity contribution in [3.8, 4) is 5.75 Å². The Labute approximate surface area is 183 Å². The van der Waals surface area contributed by atoms with Gasteiger partial charge in [0.1, 0.15) is 5.75 Å². The summed E-state index contributed by atoms with van der Waals surface area (Å²) in [7, 11) is 3.20. The number of methoxy groups -OCH3 is 2. The Bertz CT molecular complexity index is 804. The Hall–Kier alpha value is -2.61. The molecule has 1 atom stereocenters. The number of amides is 3. The molecular formula is C23H33N3O5. The van der Waals surface area contributed by atoms with Crippen molar-refractivity contribution in [2.75, 3.05) is 53.6 Å². The monoisotopic (exact) mass is 431 g/mol. The van der Waals surface area contributed by atoms with Crippen molar-refractivity contribution in [1.29, 1.82) is 0 Å². The van der Waals surface area contributed by atoms with Crippen molar-refractivity contribution in [2.24, 2.45) is 11.8 Å². The van der Waals surface area contributed by atoms with Gasteiger partial charge in [-0.15, -0.1) is 0 Å². The Morgan fingerprint density at radius 2 is 1.94 bits per heavy atom. The van der Waals surface area contributed by atoms with Gasteiger partial charge < -0.3 is 24.6 Å². The summed E-state index contributed by atoms with van der Waals surface area (Å²) in [4.78, 5) is 41.2. The third-order valence-corrected chi connectivity index (χ3v) is 6.24. The molecule has 8 heteroatoms. The summed E-state index contributed by atoms with van der Waals surface area (Å²) in [5.41, 5.74) is 1.61. The van der Waals surface area contributed by atoms with Gasteiger partial charge in [0.15, 0.2) is 0 Å². The van der Waals surface area contributed by atoms with Crippen molar-refractivity contribution in [2.45, 2.75) is 26.2 Å². The van der Waals surface area contributed by atoms with Gasteiger partial charge in [0.05, 0.1) is 19.6 Å². The molecule has 0 aliphatic carbocycles. The van der Waals surface area contributed by atoms with E-state index in [4.69, 9.17) is 9.47 Å². The predicted octanol–water partition coefficient (Wildman–Crippen LogP) is 1.47. The zero-order valence-electron chi connectivity index (χ0n) is 18.7. The molecule has 2 fully saturated rings. The number of carbonyl (C=O) groups is 3. The number of carbonyl (C=O) groups excluding carboxylic acids is 3. The van der Waals surface area contributed by atoms with Gasteiger partial charge in [-0.3, -0.25) is 14.4 Å². The van der Waals surface area contributed by atoms with Gasteiger partial charge in [0, 0.05) is 51.8 Å². The number of hydrogen-bond acceptors (Lipinski definition) is 5. The maximum absolute atomic E-state index is 12.9. The summed E-state index contributed by atoms with van der Waals surface area (Å²) in [6.07, 6.45) is 1.98. The number of aryl methyl sites for hydroxylation is 1. The van der Waals surface area contributed by atoms with E-state index < -0.39 is 0 Å². The molecule has 0 aromatic heterocycles. The lowest BCUT2D eigenvalue weighted by Gasteiger charge is -2.34. The highest BCUT2D eigenvalue weighted by molar-refractivity contribution is 5.96. The Balaban J connectivity index is 1.47. The van der Waals surface area contributed by atoms with Crippen LogP contribution in [0.5, 0.6) is 5.75 Å². The average Bonchev–Trinajstić information content (AvgIpc) is 3.14. The summed E-state index contributed by atoms with van der Waals surface area (Å²) in [6, 6.07) is 5.51. The molecule has 31 heavy (non-hydrogen) atoms. The molecule has 8 nitrogen and oxygen atoms in total. The van der Waals surface area contributed by atoms with E-state index in [-0.39, 0.29) is 30.1 Å². The number of nitrogens with zero attached hydrogens (tertiary/aromatic N) is 2. The molecule has 1 aromatic rings.